The highest BCUT2D eigenvalue weighted by molar-refractivity contribution is 7.87. The van der Waals surface area contributed by atoms with Gasteiger partial charge in [-0.2, -0.15) is 8.42 Å². The fourth-order valence-corrected chi connectivity index (χ4v) is 4.99. The van der Waals surface area contributed by atoms with Crippen LogP contribution in [-0.2, 0) is 39.1 Å². The van der Waals surface area contributed by atoms with E-state index in [1.807, 2.05) is 47.4 Å². The quantitative estimate of drug-likeness (QED) is 0.312. The molecule has 0 bridgehead atoms. The number of aryl methyl sites for hydroxylation is 1. The van der Waals surface area contributed by atoms with Crippen LogP contribution in [0.5, 0.6) is 0 Å². The number of aromatic nitrogens is 1. The fraction of sp³-hybridized carbons (Fsp3) is 0.320. The van der Waals surface area contributed by atoms with Crippen LogP contribution in [0.4, 0.5) is 10.5 Å². The smallest absolute Gasteiger partial charge is 0.409 e. The summed E-state index contributed by atoms with van der Waals surface area (Å²) in [7, 11) is -1.60. The number of anilines is 1. The molecule has 0 aliphatic carbocycles. The summed E-state index contributed by atoms with van der Waals surface area (Å²) in [5.41, 5.74) is 2.59. The molecule has 0 aliphatic heterocycles. The molecule has 3 rings (SSSR count). The highest BCUT2D eigenvalue weighted by Crippen LogP contribution is 2.23. The van der Waals surface area contributed by atoms with E-state index in [1.165, 1.54) is 42.5 Å². The molecular formula is C25H30N4O6S2. The van der Waals surface area contributed by atoms with Gasteiger partial charge in [-0.05, 0) is 36.1 Å². The van der Waals surface area contributed by atoms with E-state index >= 15 is 0 Å². The first kappa shape index (κ1) is 28.1. The molecule has 198 valence electrons. The van der Waals surface area contributed by atoms with Crippen LogP contribution in [0.25, 0.3) is 0 Å². The third-order valence-electron chi connectivity index (χ3n) is 5.69. The minimum Gasteiger partial charge on any atom is -0.453 e. The number of carbonyl (C=O) groups excluding carboxylic acids is 2. The van der Waals surface area contributed by atoms with Crippen LogP contribution in [0.15, 0.2) is 60.0 Å². The van der Waals surface area contributed by atoms with Crippen molar-refractivity contribution in [2.45, 2.75) is 38.3 Å². The zero-order valence-electron chi connectivity index (χ0n) is 20.7. The topological polar surface area (TPSA) is 138 Å². The Morgan fingerprint density at radius 2 is 1.73 bits per heavy atom. The highest BCUT2D eigenvalue weighted by Gasteiger charge is 2.30. The number of methoxy groups -OCH3 is 1. The van der Waals surface area contributed by atoms with Gasteiger partial charge < -0.3 is 10.1 Å². The number of ether oxygens (including phenoxy) is 1. The SMILES string of the molecule is CCc1nc(C(Cc2ccc(NS(=O)(=O)O)cc2)NC(=O)C(Cc2ccccc2)N(C)C(=O)OC)cs1. The molecule has 2 amide bonds. The first-order valence-electron chi connectivity index (χ1n) is 11.5. The van der Waals surface area contributed by atoms with E-state index in [-0.39, 0.29) is 18.0 Å². The average Bonchev–Trinajstić information content (AvgIpc) is 3.36. The second kappa shape index (κ2) is 12.7. The number of hydrogen-bond donors (Lipinski definition) is 3. The van der Waals surface area contributed by atoms with Crippen molar-refractivity contribution in [2.24, 2.45) is 0 Å². The van der Waals surface area contributed by atoms with Crippen molar-refractivity contribution in [1.29, 1.82) is 0 Å². The lowest BCUT2D eigenvalue weighted by Gasteiger charge is -2.28. The first-order chi connectivity index (χ1) is 17.6. The number of hydrogen-bond acceptors (Lipinski definition) is 7. The van der Waals surface area contributed by atoms with E-state index in [0.717, 1.165) is 22.6 Å². The predicted octanol–water partition coefficient (Wildman–Crippen LogP) is 3.63. The number of nitrogens with zero attached hydrogens (tertiary/aromatic N) is 2. The molecule has 1 aromatic heterocycles. The fourth-order valence-electron chi connectivity index (χ4n) is 3.75. The summed E-state index contributed by atoms with van der Waals surface area (Å²) in [5, 5.41) is 5.88. The zero-order valence-corrected chi connectivity index (χ0v) is 22.4. The summed E-state index contributed by atoms with van der Waals surface area (Å²) in [6.07, 6.45) is 0.781. The maximum atomic E-state index is 13.6. The summed E-state index contributed by atoms with van der Waals surface area (Å²) >= 11 is 1.50. The molecule has 12 heteroatoms. The number of rotatable bonds is 11. The largest absolute Gasteiger partial charge is 0.453 e. The molecule has 0 spiro atoms. The highest BCUT2D eigenvalue weighted by atomic mass is 32.2. The minimum atomic E-state index is -4.38. The van der Waals surface area contributed by atoms with Gasteiger partial charge in [0, 0.05) is 18.8 Å². The van der Waals surface area contributed by atoms with E-state index in [9.17, 15) is 18.0 Å². The Labute approximate surface area is 220 Å². The molecule has 2 aromatic carbocycles. The standard InChI is InChI=1S/C25H30N4O6S2/c1-4-23-26-21(16-36-23)20(14-18-10-12-19(13-11-18)28-37(32,33)34)27-24(30)22(29(2)25(31)35-3)15-17-8-6-5-7-9-17/h5-13,16,20,22,28H,4,14-15H2,1-3H3,(H,27,30)(H,32,33,34). The number of likely N-dealkylation sites (N-methyl/N-ethyl adjacent to an activating group) is 1. The van der Waals surface area contributed by atoms with Crippen LogP contribution in [-0.4, -0.2) is 55.1 Å². The molecule has 0 saturated carbocycles. The van der Waals surface area contributed by atoms with Gasteiger partial charge in [0.1, 0.15) is 6.04 Å². The molecular weight excluding hydrogens is 516 g/mol. The Balaban J connectivity index is 1.86. The molecule has 2 unspecified atom stereocenters. The van der Waals surface area contributed by atoms with Crippen molar-refractivity contribution in [2.75, 3.05) is 18.9 Å². The summed E-state index contributed by atoms with van der Waals surface area (Å²) in [5.74, 6) is -0.363. The molecule has 0 radical (unpaired) electrons. The molecule has 3 N–H and O–H groups in total. The number of amides is 2. The number of thiazole rings is 1. The Hall–Kier alpha value is -3.48. The van der Waals surface area contributed by atoms with Gasteiger partial charge in [-0.25, -0.2) is 9.78 Å². The first-order valence-corrected chi connectivity index (χ1v) is 13.8. The lowest BCUT2D eigenvalue weighted by molar-refractivity contribution is -0.126. The van der Waals surface area contributed by atoms with Crippen molar-refractivity contribution in [1.82, 2.24) is 15.2 Å². The maximum absolute atomic E-state index is 13.6. The summed E-state index contributed by atoms with van der Waals surface area (Å²) < 4.78 is 38.0. The molecule has 1 heterocycles. The molecule has 0 saturated heterocycles. The lowest BCUT2D eigenvalue weighted by Crippen LogP contribution is -2.50. The van der Waals surface area contributed by atoms with Crippen LogP contribution >= 0.6 is 11.3 Å². The van der Waals surface area contributed by atoms with Crippen molar-refractivity contribution >= 4 is 39.3 Å². The molecule has 37 heavy (non-hydrogen) atoms. The molecule has 0 fully saturated rings. The monoisotopic (exact) mass is 546 g/mol. The number of benzene rings is 2. The van der Waals surface area contributed by atoms with Gasteiger partial charge in [0.05, 0.1) is 29.5 Å². The Morgan fingerprint density at radius 1 is 1.08 bits per heavy atom. The number of nitrogens with one attached hydrogen (secondary N) is 2. The Kier molecular flexibility index (Phi) is 9.61. The van der Waals surface area contributed by atoms with Crippen LogP contribution < -0.4 is 10.0 Å². The molecule has 10 nitrogen and oxygen atoms in total. The second-order valence-electron chi connectivity index (χ2n) is 8.35. The Bertz CT molecular complexity index is 1300. The van der Waals surface area contributed by atoms with Crippen LogP contribution in [0.1, 0.15) is 34.8 Å². The maximum Gasteiger partial charge on any atom is 0.409 e. The van der Waals surface area contributed by atoms with Gasteiger partial charge in [0.2, 0.25) is 5.91 Å². The van der Waals surface area contributed by atoms with Gasteiger partial charge in [0.25, 0.3) is 0 Å². The molecule has 2 atom stereocenters. The molecule has 3 aromatic rings. The van der Waals surface area contributed by atoms with E-state index in [2.05, 4.69) is 10.3 Å². The number of carbonyl (C=O) groups is 2. The Morgan fingerprint density at radius 3 is 2.30 bits per heavy atom. The van der Waals surface area contributed by atoms with E-state index in [0.29, 0.717) is 12.1 Å². The van der Waals surface area contributed by atoms with Gasteiger partial charge in [-0.15, -0.1) is 11.3 Å². The van der Waals surface area contributed by atoms with Gasteiger partial charge in [-0.1, -0.05) is 49.4 Å². The zero-order chi connectivity index (χ0) is 27.0. The van der Waals surface area contributed by atoms with Crippen LogP contribution in [0.2, 0.25) is 0 Å². The minimum absolute atomic E-state index is 0.205. The van der Waals surface area contributed by atoms with Crippen molar-refractivity contribution in [3.8, 4) is 0 Å². The third-order valence-corrected chi connectivity index (χ3v) is 7.20. The van der Waals surface area contributed by atoms with Gasteiger partial charge >= 0.3 is 16.4 Å². The molecule has 0 aliphatic rings. The van der Waals surface area contributed by atoms with Crippen LogP contribution in [0, 0.1) is 0 Å². The van der Waals surface area contributed by atoms with E-state index < -0.39 is 28.5 Å². The van der Waals surface area contributed by atoms with Crippen molar-refractivity contribution in [3.63, 3.8) is 0 Å². The lowest BCUT2D eigenvalue weighted by atomic mass is 10.0. The van der Waals surface area contributed by atoms with E-state index in [1.54, 1.807) is 12.1 Å². The van der Waals surface area contributed by atoms with Gasteiger partial charge in [0.15, 0.2) is 0 Å². The van der Waals surface area contributed by atoms with Gasteiger partial charge in [-0.3, -0.25) is 19.0 Å². The van der Waals surface area contributed by atoms with E-state index in [4.69, 9.17) is 9.29 Å². The van der Waals surface area contributed by atoms with Crippen LogP contribution in [0.3, 0.4) is 0 Å². The van der Waals surface area contributed by atoms with Crippen molar-refractivity contribution in [3.05, 3.63) is 81.8 Å². The normalized spacial score (nSPS) is 12.9. The van der Waals surface area contributed by atoms with Crippen molar-refractivity contribution < 1.29 is 27.3 Å². The summed E-state index contributed by atoms with van der Waals surface area (Å²) in [4.78, 5) is 31.8. The third kappa shape index (κ3) is 8.27. The summed E-state index contributed by atoms with van der Waals surface area (Å²) in [6.45, 7) is 2.00. The average molecular weight is 547 g/mol. The second-order valence-corrected chi connectivity index (χ2v) is 10.4. The predicted molar refractivity (Wildman–Crippen MR) is 142 cm³/mol. The summed E-state index contributed by atoms with van der Waals surface area (Å²) in [6, 6.07) is 14.5.